The molecule has 0 amide bonds. The minimum atomic E-state index is -0.718. The Labute approximate surface area is 181 Å². The number of aliphatic carboxylic acids is 1. The third kappa shape index (κ3) is 2.31. The molecule has 3 N–H and O–H groups in total. The average Bonchev–Trinajstić information content (AvgIpc) is 3.39. The maximum Gasteiger partial charge on any atom is 0.309 e. The van der Waals surface area contributed by atoms with Gasteiger partial charge >= 0.3 is 5.97 Å². The number of hydrogen-bond donors (Lipinski definition) is 3. The molecule has 32 heavy (non-hydrogen) atoms. The van der Waals surface area contributed by atoms with Gasteiger partial charge in [0.05, 0.1) is 12.1 Å². The molecule has 6 aliphatic rings. The molecule has 3 atom stereocenters. The van der Waals surface area contributed by atoms with Crippen molar-refractivity contribution in [2.75, 3.05) is 5.32 Å². The molecule has 162 valence electrons. The van der Waals surface area contributed by atoms with Gasteiger partial charge in [0.1, 0.15) is 17.0 Å². The quantitative estimate of drug-likeness (QED) is 0.454. The number of aromatic nitrogens is 5. The van der Waals surface area contributed by atoms with Gasteiger partial charge in [-0.15, -0.1) is 5.10 Å². The fourth-order valence-electron chi connectivity index (χ4n) is 6.77. The molecule has 3 bridgehead atoms. The first-order chi connectivity index (χ1) is 15.5. The highest BCUT2D eigenvalue weighted by Crippen LogP contribution is 2.69. The fraction of sp³-hybridized carbons (Fsp3) is 0.391. The van der Waals surface area contributed by atoms with E-state index in [0.29, 0.717) is 40.1 Å². The molecule has 10 rings (SSSR count). The highest BCUT2D eigenvalue weighted by molar-refractivity contribution is 5.92. The summed E-state index contributed by atoms with van der Waals surface area (Å²) in [7, 11) is 0. The Balaban J connectivity index is 1.34. The van der Waals surface area contributed by atoms with Crippen LogP contribution in [-0.4, -0.2) is 41.7 Å². The Morgan fingerprint density at radius 2 is 2.25 bits per heavy atom. The molecule has 0 aliphatic heterocycles. The number of carboxylic acids is 1. The monoisotopic (exact) mass is 432 g/mol. The number of fused-ring (bicyclic) bond motifs is 2. The Morgan fingerprint density at radius 3 is 3.03 bits per heavy atom. The van der Waals surface area contributed by atoms with Gasteiger partial charge in [-0.2, -0.15) is 0 Å². The van der Waals surface area contributed by atoms with Crippen molar-refractivity contribution in [2.45, 2.75) is 31.7 Å². The van der Waals surface area contributed by atoms with Crippen molar-refractivity contribution in [1.29, 1.82) is 0 Å². The zero-order valence-electron chi connectivity index (χ0n) is 17.1. The summed E-state index contributed by atoms with van der Waals surface area (Å²) in [6.45, 7) is 0. The van der Waals surface area contributed by atoms with Gasteiger partial charge < -0.3 is 15.4 Å². The van der Waals surface area contributed by atoms with E-state index in [0.717, 1.165) is 31.2 Å². The lowest BCUT2D eigenvalue weighted by atomic mass is 9.38. The average molecular weight is 432 g/mol. The zero-order valence-corrected chi connectivity index (χ0v) is 17.1. The number of carboxylic acid groups (broad SMARTS) is 1. The molecule has 6 fully saturated rings. The van der Waals surface area contributed by atoms with E-state index >= 15 is 0 Å². The third-order valence-corrected chi connectivity index (χ3v) is 8.10. The predicted octanol–water partition coefficient (Wildman–Crippen LogP) is 3.71. The van der Waals surface area contributed by atoms with Gasteiger partial charge in [0.15, 0.2) is 11.6 Å². The molecule has 0 aromatic carbocycles. The summed E-state index contributed by atoms with van der Waals surface area (Å²) in [6.07, 6.45) is 8.87. The normalized spacial score (nSPS) is 30.5. The molecule has 0 unspecified atom stereocenters. The Morgan fingerprint density at radius 1 is 1.38 bits per heavy atom. The number of carbonyl (C=O) groups is 1. The number of hydrogen-bond acceptors (Lipinski definition) is 5. The number of rotatable bonds is 4. The summed E-state index contributed by atoms with van der Waals surface area (Å²) >= 11 is 0. The van der Waals surface area contributed by atoms with Crippen molar-refractivity contribution in [1.82, 2.24) is 24.6 Å². The Bertz CT molecular complexity index is 1400. The lowest BCUT2D eigenvalue weighted by Crippen LogP contribution is -2.67. The molecular formula is C23H21FN6O2. The van der Waals surface area contributed by atoms with E-state index in [9.17, 15) is 14.3 Å². The Hall–Kier alpha value is -3.49. The van der Waals surface area contributed by atoms with Crippen LogP contribution in [0.15, 0.2) is 36.8 Å². The minimum absolute atomic E-state index is 0.0723. The number of nitrogens with zero attached hydrogens (tertiary/aromatic N) is 4. The van der Waals surface area contributed by atoms with Crippen LogP contribution >= 0.6 is 0 Å². The minimum Gasteiger partial charge on any atom is -0.481 e. The summed E-state index contributed by atoms with van der Waals surface area (Å²) in [5.74, 6) is 0.412. The highest BCUT2D eigenvalue weighted by atomic mass is 19.1. The molecular weight excluding hydrogens is 411 g/mol. The van der Waals surface area contributed by atoms with Crippen molar-refractivity contribution in [2.24, 2.45) is 23.2 Å². The van der Waals surface area contributed by atoms with E-state index in [1.165, 1.54) is 12.3 Å². The lowest BCUT2D eigenvalue weighted by Gasteiger charge is -2.67. The van der Waals surface area contributed by atoms with Gasteiger partial charge in [-0.3, -0.25) is 4.79 Å². The summed E-state index contributed by atoms with van der Waals surface area (Å²) in [5, 5.41) is 18.8. The van der Waals surface area contributed by atoms with Crippen molar-refractivity contribution < 1.29 is 14.3 Å². The molecule has 6 saturated carbocycles. The molecule has 8 nitrogen and oxygen atoms in total. The second-order valence-corrected chi connectivity index (χ2v) is 9.59. The first-order valence-corrected chi connectivity index (χ1v) is 11.0. The van der Waals surface area contributed by atoms with E-state index in [2.05, 4.69) is 20.4 Å². The number of anilines is 1. The second-order valence-electron chi connectivity index (χ2n) is 9.59. The largest absolute Gasteiger partial charge is 0.481 e. The van der Waals surface area contributed by atoms with E-state index in [-0.39, 0.29) is 11.5 Å². The van der Waals surface area contributed by atoms with Crippen LogP contribution in [0.3, 0.4) is 0 Å². The van der Waals surface area contributed by atoms with Gasteiger partial charge in [0.25, 0.3) is 0 Å². The third-order valence-electron chi connectivity index (χ3n) is 8.10. The number of nitrogens with one attached hydrogen (secondary N) is 2. The maximum atomic E-state index is 13.9. The molecule has 4 heterocycles. The van der Waals surface area contributed by atoms with Crippen molar-refractivity contribution in [3.05, 3.63) is 42.6 Å². The summed E-state index contributed by atoms with van der Waals surface area (Å²) in [4.78, 5) is 24.2. The van der Waals surface area contributed by atoms with Crippen LogP contribution in [-0.2, 0) is 4.79 Å². The van der Waals surface area contributed by atoms with Crippen LogP contribution in [0.2, 0.25) is 0 Å². The number of pyridine rings is 1. The number of aromatic amines is 1. The maximum absolute atomic E-state index is 13.9. The molecule has 1 spiro atoms. The van der Waals surface area contributed by atoms with Gasteiger partial charge in [0, 0.05) is 29.4 Å². The molecule has 4 aromatic rings. The molecule has 9 heteroatoms. The van der Waals surface area contributed by atoms with Crippen molar-refractivity contribution in [3.8, 4) is 11.4 Å². The Kier molecular flexibility index (Phi) is 3.43. The smallest absolute Gasteiger partial charge is 0.309 e. The topological polar surface area (TPSA) is 108 Å². The van der Waals surface area contributed by atoms with Gasteiger partial charge in [-0.05, 0) is 61.1 Å². The lowest BCUT2D eigenvalue weighted by molar-refractivity contribution is -0.189. The second kappa shape index (κ2) is 6.05. The predicted molar refractivity (Wildman–Crippen MR) is 114 cm³/mol. The van der Waals surface area contributed by atoms with Crippen LogP contribution < -0.4 is 5.32 Å². The zero-order chi connectivity index (χ0) is 21.6. The van der Waals surface area contributed by atoms with E-state index in [4.69, 9.17) is 4.98 Å². The van der Waals surface area contributed by atoms with E-state index in [1.54, 1.807) is 10.7 Å². The fourth-order valence-corrected chi connectivity index (χ4v) is 6.77. The van der Waals surface area contributed by atoms with Crippen LogP contribution in [0.4, 0.5) is 10.2 Å². The molecule has 6 aliphatic carbocycles. The summed E-state index contributed by atoms with van der Waals surface area (Å²) in [6, 6.07) is 5.06. The molecule has 0 radical (unpaired) electrons. The van der Waals surface area contributed by atoms with Crippen LogP contribution in [0, 0.1) is 29.0 Å². The first kappa shape index (κ1) is 18.1. The molecule has 0 saturated heterocycles. The van der Waals surface area contributed by atoms with Gasteiger partial charge in [0.2, 0.25) is 0 Å². The van der Waals surface area contributed by atoms with E-state index < -0.39 is 17.7 Å². The molecule has 4 aromatic heterocycles. The van der Waals surface area contributed by atoms with Crippen molar-refractivity contribution in [3.63, 3.8) is 0 Å². The summed E-state index contributed by atoms with van der Waals surface area (Å²) in [5.41, 5.74) is 1.92. The summed E-state index contributed by atoms with van der Waals surface area (Å²) < 4.78 is 15.6. The van der Waals surface area contributed by atoms with Crippen LogP contribution in [0.5, 0.6) is 0 Å². The highest BCUT2D eigenvalue weighted by Gasteiger charge is 2.67. The number of H-pyrrole nitrogens is 1. The van der Waals surface area contributed by atoms with Gasteiger partial charge in [-0.25, -0.2) is 18.9 Å². The van der Waals surface area contributed by atoms with Crippen LogP contribution in [0.25, 0.3) is 27.9 Å². The first-order valence-electron chi connectivity index (χ1n) is 11.0. The standard InChI is InChI=1S/C23H21FN6O2/c24-12-6-14-15(10-26-19(14)25-9-12)20-28-21(16-2-1-5-30(16)29-20)27-18-13-3-4-23(7-11(13)8-23)17(18)22(31)32/h1-2,5-6,9-11,13,17-18H,3-4,7-8H2,(H,25,26)(H,31,32)(H,27,28,29)/t11-,13-,17+,18+,23+/m1/s1. The van der Waals surface area contributed by atoms with E-state index in [1.807, 2.05) is 18.3 Å². The SMILES string of the molecule is O=C(O)[C@@H]1[C@@H](Nc2nc(-c3c[nH]c4ncc(F)cc34)nn3cccc23)[C@@H]2CC[C@]13C[C@H]2C3. The number of halogens is 1. The van der Waals surface area contributed by atoms with Crippen LogP contribution in [0.1, 0.15) is 25.7 Å². The van der Waals surface area contributed by atoms with Gasteiger partial charge in [-0.1, -0.05) is 0 Å². The van der Waals surface area contributed by atoms with Crippen molar-refractivity contribution >= 4 is 28.3 Å².